The van der Waals surface area contributed by atoms with Gasteiger partial charge in [-0.05, 0) is 138 Å². The van der Waals surface area contributed by atoms with Gasteiger partial charge in [-0.1, -0.05) is 144 Å². The van der Waals surface area contributed by atoms with Crippen LogP contribution < -0.4 is 21.3 Å². The molecule has 0 atom stereocenters. The number of benzene rings is 8. The molecule has 0 saturated carbocycles. The summed E-state index contributed by atoms with van der Waals surface area (Å²) in [5.41, 5.74) is 20.1. The number of hydrogen-bond acceptors (Lipinski definition) is 1. The third-order valence-corrected chi connectivity index (χ3v) is 12.3. The minimum atomic E-state index is -0.0798. The van der Waals surface area contributed by atoms with Crippen LogP contribution in [0.4, 0.5) is 17.1 Å². The van der Waals surface area contributed by atoms with Crippen molar-refractivity contribution < 1.29 is 0 Å². The molecule has 0 saturated heterocycles. The Kier molecular flexibility index (Phi) is 6.62. The van der Waals surface area contributed by atoms with Crippen molar-refractivity contribution in [2.45, 2.75) is 73.1 Å². The summed E-state index contributed by atoms with van der Waals surface area (Å²) < 4.78 is 0. The van der Waals surface area contributed by atoms with Crippen molar-refractivity contribution >= 4 is 72.5 Å². The van der Waals surface area contributed by atoms with Crippen LogP contribution in [-0.4, -0.2) is 6.71 Å². The van der Waals surface area contributed by atoms with E-state index in [0.29, 0.717) is 0 Å². The Hall–Kier alpha value is -5.34. The molecular weight excluding hydrogens is 637 g/mol. The van der Waals surface area contributed by atoms with E-state index in [-0.39, 0.29) is 17.5 Å². The summed E-state index contributed by atoms with van der Waals surface area (Å²) in [4.78, 5) is 2.61. The molecule has 1 nitrogen and oxygen atoms in total. The second-order valence-electron chi connectivity index (χ2n) is 17.9. The summed E-state index contributed by atoms with van der Waals surface area (Å²) in [5, 5.41) is 8.15. The summed E-state index contributed by atoms with van der Waals surface area (Å²) in [6, 6.07) is 44.7. The lowest BCUT2D eigenvalue weighted by molar-refractivity contribution is 0.595. The van der Waals surface area contributed by atoms with Gasteiger partial charge in [0.25, 0.3) is 0 Å². The maximum Gasteiger partial charge on any atom is 0.248 e. The average molecular weight is 684 g/mol. The van der Waals surface area contributed by atoms with Gasteiger partial charge in [0.1, 0.15) is 0 Å². The second kappa shape index (κ2) is 10.9. The van der Waals surface area contributed by atoms with Gasteiger partial charge in [-0.15, -0.1) is 0 Å². The van der Waals surface area contributed by atoms with Gasteiger partial charge >= 0.3 is 0 Å². The number of fused-ring (bicyclic) bond motifs is 5. The minimum absolute atomic E-state index is 0.0420. The monoisotopic (exact) mass is 683 g/mol. The van der Waals surface area contributed by atoms with E-state index in [1.165, 1.54) is 116 Å². The lowest BCUT2D eigenvalue weighted by Crippen LogP contribution is -2.54. The van der Waals surface area contributed by atoms with Crippen molar-refractivity contribution in [3.8, 4) is 22.3 Å². The van der Waals surface area contributed by atoms with Crippen LogP contribution in [-0.2, 0) is 10.8 Å². The summed E-state index contributed by atoms with van der Waals surface area (Å²) in [6.45, 7) is 21.3. The highest BCUT2D eigenvalue weighted by atomic mass is 15.2. The fourth-order valence-corrected chi connectivity index (χ4v) is 10.3. The fourth-order valence-electron chi connectivity index (χ4n) is 10.3. The first-order chi connectivity index (χ1) is 25.3. The number of para-hydroxylation sites is 1. The summed E-state index contributed by atoms with van der Waals surface area (Å²) >= 11 is 0. The highest BCUT2D eigenvalue weighted by molar-refractivity contribution is 7.01. The lowest BCUT2D eigenvalue weighted by atomic mass is 9.37. The van der Waals surface area contributed by atoms with E-state index >= 15 is 0 Å². The first kappa shape index (κ1) is 32.3. The quantitative estimate of drug-likeness (QED) is 0.129. The Balaban J connectivity index is 1.37. The van der Waals surface area contributed by atoms with E-state index in [0.717, 1.165) is 0 Å². The van der Waals surface area contributed by atoms with Gasteiger partial charge in [0.05, 0.1) is 5.69 Å². The Labute approximate surface area is 314 Å². The average Bonchev–Trinajstić information content (AvgIpc) is 3.45. The molecule has 8 aromatic carbocycles. The van der Waals surface area contributed by atoms with E-state index in [1.54, 1.807) is 0 Å². The highest BCUT2D eigenvalue weighted by Crippen LogP contribution is 2.51. The zero-order chi connectivity index (χ0) is 36.7. The van der Waals surface area contributed by atoms with Gasteiger partial charge in [0.15, 0.2) is 0 Å². The molecule has 2 heteroatoms. The van der Waals surface area contributed by atoms with Crippen LogP contribution in [0.2, 0.25) is 0 Å². The first-order valence-corrected chi connectivity index (χ1v) is 19.3. The van der Waals surface area contributed by atoms with Crippen LogP contribution >= 0.6 is 0 Å². The zero-order valence-electron chi connectivity index (χ0n) is 32.5. The first-order valence-electron chi connectivity index (χ1n) is 19.3. The fraction of sp³-hybridized carbons (Fsp3) is 0.216. The molecule has 0 spiro atoms. The van der Waals surface area contributed by atoms with Crippen molar-refractivity contribution in [3.63, 3.8) is 0 Å². The van der Waals surface area contributed by atoms with Gasteiger partial charge in [-0.2, -0.15) is 0 Å². The number of hydrogen-bond donors (Lipinski definition) is 0. The highest BCUT2D eigenvalue weighted by Gasteiger charge is 2.42. The predicted octanol–water partition coefficient (Wildman–Crippen LogP) is 12.1. The number of rotatable bonds is 2. The molecular formula is C51H46BN. The molecule has 0 N–H and O–H groups in total. The molecule has 10 rings (SSSR count). The molecule has 0 aliphatic carbocycles. The SMILES string of the molecule is Cc1cc(C)c(-c2cc(C(C)(C)C)c3ccc4c(N5c6ccccc6B6c7ccccc7-c7cccc5c76)cc(C(C)(C)C)c5ccc2c3c45)c(C)c1. The molecule has 53 heavy (non-hydrogen) atoms. The molecule has 0 fully saturated rings. The van der Waals surface area contributed by atoms with Crippen molar-refractivity contribution in [2.24, 2.45) is 0 Å². The van der Waals surface area contributed by atoms with Gasteiger partial charge in [0.2, 0.25) is 6.71 Å². The molecule has 0 amide bonds. The van der Waals surface area contributed by atoms with E-state index in [4.69, 9.17) is 0 Å². The molecule has 0 bridgehead atoms. The number of nitrogens with zero attached hydrogens (tertiary/aromatic N) is 1. The molecule has 0 aromatic heterocycles. The standard InChI is InChI=1S/C51H46BN/c1-29-25-30(2)46(31(3)26-29)38-27-39(50(4,5)6)35-23-24-37-45(28-40(51(7,8)9)36-22-21-33(38)47(35)48(36)37)53-43-19-13-12-18-42(43)52-41-17-11-10-15-32(41)34-16-14-20-44(53)49(34)52/h10-28H,1-9H3. The van der Waals surface area contributed by atoms with Gasteiger partial charge in [-0.25, -0.2) is 0 Å². The van der Waals surface area contributed by atoms with Crippen LogP contribution in [0.5, 0.6) is 0 Å². The molecule has 8 aromatic rings. The summed E-state index contributed by atoms with van der Waals surface area (Å²) in [7, 11) is 0. The van der Waals surface area contributed by atoms with Crippen molar-refractivity contribution in [3.05, 3.63) is 143 Å². The van der Waals surface area contributed by atoms with Crippen LogP contribution in [0.25, 0.3) is 54.6 Å². The van der Waals surface area contributed by atoms with E-state index in [1.807, 2.05) is 0 Å². The largest absolute Gasteiger partial charge is 0.311 e. The third-order valence-electron chi connectivity index (χ3n) is 12.3. The Morgan fingerprint density at radius 1 is 0.453 bits per heavy atom. The zero-order valence-corrected chi connectivity index (χ0v) is 32.5. The molecule has 0 radical (unpaired) electrons. The van der Waals surface area contributed by atoms with Gasteiger partial charge in [0, 0.05) is 16.8 Å². The molecule has 0 unspecified atom stereocenters. The van der Waals surface area contributed by atoms with Crippen molar-refractivity contribution in [1.29, 1.82) is 0 Å². The number of aryl methyl sites for hydroxylation is 3. The van der Waals surface area contributed by atoms with E-state index in [9.17, 15) is 0 Å². The second-order valence-corrected chi connectivity index (χ2v) is 17.9. The van der Waals surface area contributed by atoms with Crippen LogP contribution in [0.1, 0.15) is 69.4 Å². The third kappa shape index (κ3) is 4.45. The smallest absolute Gasteiger partial charge is 0.248 e. The van der Waals surface area contributed by atoms with Crippen molar-refractivity contribution in [1.82, 2.24) is 0 Å². The molecule has 2 aliphatic heterocycles. The maximum atomic E-state index is 2.61. The predicted molar refractivity (Wildman–Crippen MR) is 232 cm³/mol. The Bertz CT molecular complexity index is 2820. The van der Waals surface area contributed by atoms with E-state index in [2.05, 4.69) is 182 Å². The normalized spacial score (nSPS) is 13.7. The topological polar surface area (TPSA) is 3.24 Å². The lowest BCUT2D eigenvalue weighted by Gasteiger charge is -2.38. The molecule has 258 valence electrons. The summed E-state index contributed by atoms with van der Waals surface area (Å²) in [5.74, 6) is 0. The van der Waals surface area contributed by atoms with E-state index < -0.39 is 0 Å². The van der Waals surface area contributed by atoms with Crippen LogP contribution in [0.3, 0.4) is 0 Å². The summed E-state index contributed by atoms with van der Waals surface area (Å²) in [6.07, 6.45) is 0. The van der Waals surface area contributed by atoms with Crippen molar-refractivity contribution in [2.75, 3.05) is 4.90 Å². The van der Waals surface area contributed by atoms with Crippen LogP contribution in [0.15, 0.2) is 115 Å². The van der Waals surface area contributed by atoms with Gasteiger partial charge in [-0.3, -0.25) is 0 Å². The van der Waals surface area contributed by atoms with Gasteiger partial charge < -0.3 is 4.90 Å². The Morgan fingerprint density at radius 3 is 1.70 bits per heavy atom. The maximum absolute atomic E-state index is 2.61. The molecule has 2 aliphatic rings. The van der Waals surface area contributed by atoms with Crippen LogP contribution in [0, 0.1) is 20.8 Å². The Morgan fingerprint density at radius 2 is 1.00 bits per heavy atom. The number of anilines is 3. The minimum Gasteiger partial charge on any atom is -0.311 e. The molecule has 2 heterocycles.